The van der Waals surface area contributed by atoms with Crippen LogP contribution in [0.3, 0.4) is 0 Å². The molecule has 4 nitrogen and oxygen atoms in total. The second-order valence-corrected chi connectivity index (χ2v) is 6.11. The predicted octanol–water partition coefficient (Wildman–Crippen LogP) is 2.44. The first-order chi connectivity index (χ1) is 7.82. The fraction of sp³-hybridized carbons (Fsp3) is 0.846. The quantitative estimate of drug-likeness (QED) is 0.857. The van der Waals surface area contributed by atoms with E-state index in [1.165, 1.54) is 0 Å². The van der Waals surface area contributed by atoms with Gasteiger partial charge in [-0.1, -0.05) is 39.8 Å². The SMILES string of the molecule is CNC(Cc1nc(CC(C)C)no1)C(C)(C)C. The Morgan fingerprint density at radius 3 is 2.35 bits per heavy atom. The maximum Gasteiger partial charge on any atom is 0.228 e. The first-order valence-electron chi connectivity index (χ1n) is 6.31. The van der Waals surface area contributed by atoms with Crippen LogP contribution in [0.4, 0.5) is 0 Å². The van der Waals surface area contributed by atoms with E-state index < -0.39 is 0 Å². The van der Waals surface area contributed by atoms with E-state index in [-0.39, 0.29) is 5.41 Å². The first kappa shape index (κ1) is 14.2. The molecule has 0 saturated carbocycles. The summed E-state index contributed by atoms with van der Waals surface area (Å²) in [5.41, 5.74) is 0.182. The molecule has 1 atom stereocenters. The van der Waals surface area contributed by atoms with Gasteiger partial charge in [0.15, 0.2) is 5.82 Å². The van der Waals surface area contributed by atoms with Crippen LogP contribution >= 0.6 is 0 Å². The molecule has 0 radical (unpaired) electrons. The molecule has 1 unspecified atom stereocenters. The number of likely N-dealkylation sites (N-methyl/N-ethyl adjacent to an activating group) is 1. The highest BCUT2D eigenvalue weighted by atomic mass is 16.5. The van der Waals surface area contributed by atoms with Crippen molar-refractivity contribution in [3.8, 4) is 0 Å². The van der Waals surface area contributed by atoms with Crippen molar-refractivity contribution in [2.45, 2.75) is 53.5 Å². The standard InChI is InChI=1S/C13H25N3O/c1-9(2)7-11-15-12(17-16-11)8-10(14-6)13(3,4)5/h9-10,14H,7-8H2,1-6H3. The molecule has 1 aromatic heterocycles. The molecule has 0 aromatic carbocycles. The largest absolute Gasteiger partial charge is 0.339 e. The van der Waals surface area contributed by atoms with E-state index in [4.69, 9.17) is 4.52 Å². The summed E-state index contributed by atoms with van der Waals surface area (Å²) in [5.74, 6) is 2.11. The van der Waals surface area contributed by atoms with Crippen molar-refractivity contribution in [1.29, 1.82) is 0 Å². The summed E-state index contributed by atoms with van der Waals surface area (Å²) in [5, 5.41) is 7.32. The topological polar surface area (TPSA) is 51.0 Å². The van der Waals surface area contributed by atoms with E-state index in [1.807, 2.05) is 7.05 Å². The van der Waals surface area contributed by atoms with Gasteiger partial charge in [0.2, 0.25) is 5.89 Å². The molecular formula is C13H25N3O. The highest BCUT2D eigenvalue weighted by Crippen LogP contribution is 2.21. The van der Waals surface area contributed by atoms with Crippen LogP contribution in [-0.2, 0) is 12.8 Å². The van der Waals surface area contributed by atoms with Crippen LogP contribution in [-0.4, -0.2) is 23.2 Å². The van der Waals surface area contributed by atoms with E-state index in [0.29, 0.717) is 12.0 Å². The zero-order valence-electron chi connectivity index (χ0n) is 11.9. The minimum atomic E-state index is 0.182. The van der Waals surface area contributed by atoms with Gasteiger partial charge in [-0.2, -0.15) is 4.98 Å². The Bertz CT molecular complexity index is 339. The zero-order valence-corrected chi connectivity index (χ0v) is 11.9. The van der Waals surface area contributed by atoms with Crippen LogP contribution in [0.2, 0.25) is 0 Å². The van der Waals surface area contributed by atoms with E-state index in [0.717, 1.165) is 24.6 Å². The van der Waals surface area contributed by atoms with E-state index >= 15 is 0 Å². The smallest absolute Gasteiger partial charge is 0.228 e. The molecule has 1 heterocycles. The summed E-state index contributed by atoms with van der Waals surface area (Å²) in [6, 6.07) is 0.342. The second kappa shape index (κ2) is 5.63. The first-order valence-corrected chi connectivity index (χ1v) is 6.31. The lowest BCUT2D eigenvalue weighted by Crippen LogP contribution is -2.39. The molecule has 0 aliphatic heterocycles. The van der Waals surface area contributed by atoms with Crippen LogP contribution in [0.15, 0.2) is 4.52 Å². The van der Waals surface area contributed by atoms with E-state index in [9.17, 15) is 0 Å². The molecular weight excluding hydrogens is 214 g/mol. The van der Waals surface area contributed by atoms with Crippen molar-refractivity contribution < 1.29 is 4.52 Å². The third-order valence-corrected chi connectivity index (χ3v) is 2.87. The van der Waals surface area contributed by atoms with Gasteiger partial charge in [0.25, 0.3) is 0 Å². The van der Waals surface area contributed by atoms with E-state index in [1.54, 1.807) is 0 Å². The fourth-order valence-electron chi connectivity index (χ4n) is 1.84. The van der Waals surface area contributed by atoms with Gasteiger partial charge in [0.1, 0.15) is 0 Å². The average molecular weight is 239 g/mol. The summed E-state index contributed by atoms with van der Waals surface area (Å²) in [4.78, 5) is 4.43. The van der Waals surface area contributed by atoms with Crippen LogP contribution < -0.4 is 5.32 Å². The number of aromatic nitrogens is 2. The minimum absolute atomic E-state index is 0.182. The van der Waals surface area contributed by atoms with Crippen LogP contribution in [0.25, 0.3) is 0 Å². The molecule has 0 spiro atoms. The molecule has 0 aliphatic carbocycles. The molecule has 4 heteroatoms. The van der Waals surface area contributed by atoms with Crippen LogP contribution in [0.5, 0.6) is 0 Å². The van der Waals surface area contributed by atoms with Crippen LogP contribution in [0.1, 0.15) is 46.3 Å². The lowest BCUT2D eigenvalue weighted by molar-refractivity contribution is 0.255. The van der Waals surface area contributed by atoms with Gasteiger partial charge in [-0.25, -0.2) is 0 Å². The third-order valence-electron chi connectivity index (χ3n) is 2.87. The van der Waals surface area contributed by atoms with Crippen molar-refractivity contribution in [3.05, 3.63) is 11.7 Å². The number of nitrogens with zero attached hydrogens (tertiary/aromatic N) is 2. The monoisotopic (exact) mass is 239 g/mol. The van der Waals surface area contributed by atoms with Gasteiger partial charge in [-0.3, -0.25) is 0 Å². The highest BCUT2D eigenvalue weighted by Gasteiger charge is 2.25. The molecule has 0 bridgehead atoms. The molecule has 1 aromatic rings. The molecule has 98 valence electrons. The third kappa shape index (κ3) is 4.46. The number of nitrogens with one attached hydrogen (secondary N) is 1. The van der Waals surface area contributed by atoms with Gasteiger partial charge >= 0.3 is 0 Å². The molecule has 0 aliphatic rings. The van der Waals surface area contributed by atoms with Crippen molar-refractivity contribution in [2.24, 2.45) is 11.3 Å². The van der Waals surface area contributed by atoms with Crippen LogP contribution in [0, 0.1) is 11.3 Å². The summed E-state index contributed by atoms with van der Waals surface area (Å²) in [6.45, 7) is 10.9. The zero-order chi connectivity index (χ0) is 13.1. The molecule has 1 rings (SSSR count). The molecule has 0 amide bonds. The van der Waals surface area contributed by atoms with Gasteiger partial charge in [-0.15, -0.1) is 0 Å². The summed E-state index contributed by atoms with van der Waals surface area (Å²) in [7, 11) is 1.97. The van der Waals surface area contributed by atoms with Crippen molar-refractivity contribution in [1.82, 2.24) is 15.5 Å². The maximum atomic E-state index is 5.29. The lowest BCUT2D eigenvalue weighted by Gasteiger charge is -2.29. The summed E-state index contributed by atoms with van der Waals surface area (Å²) < 4.78 is 5.29. The van der Waals surface area contributed by atoms with Gasteiger partial charge in [0, 0.05) is 18.9 Å². The van der Waals surface area contributed by atoms with Crippen molar-refractivity contribution >= 4 is 0 Å². The Morgan fingerprint density at radius 2 is 1.88 bits per heavy atom. The summed E-state index contributed by atoms with van der Waals surface area (Å²) in [6.07, 6.45) is 1.66. The Kier molecular flexibility index (Phi) is 4.69. The Hall–Kier alpha value is -0.900. The van der Waals surface area contributed by atoms with E-state index in [2.05, 4.69) is 50.1 Å². The predicted molar refractivity (Wildman–Crippen MR) is 68.8 cm³/mol. The Balaban J connectivity index is 2.65. The number of hydrogen-bond acceptors (Lipinski definition) is 4. The summed E-state index contributed by atoms with van der Waals surface area (Å²) >= 11 is 0. The lowest BCUT2D eigenvalue weighted by atomic mass is 9.85. The average Bonchev–Trinajstić information content (AvgIpc) is 2.59. The number of hydrogen-bond donors (Lipinski definition) is 1. The normalized spacial score (nSPS) is 14.3. The molecule has 0 fully saturated rings. The molecule has 0 saturated heterocycles. The fourth-order valence-corrected chi connectivity index (χ4v) is 1.84. The highest BCUT2D eigenvalue weighted by molar-refractivity contribution is 4.93. The van der Waals surface area contributed by atoms with Crippen molar-refractivity contribution in [3.63, 3.8) is 0 Å². The van der Waals surface area contributed by atoms with Crippen molar-refractivity contribution in [2.75, 3.05) is 7.05 Å². The Morgan fingerprint density at radius 1 is 1.24 bits per heavy atom. The van der Waals surface area contributed by atoms with Gasteiger partial charge in [-0.05, 0) is 18.4 Å². The van der Waals surface area contributed by atoms with Gasteiger partial charge in [0.05, 0.1) is 0 Å². The van der Waals surface area contributed by atoms with Gasteiger partial charge < -0.3 is 9.84 Å². The minimum Gasteiger partial charge on any atom is -0.339 e. The maximum absolute atomic E-state index is 5.29. The second-order valence-electron chi connectivity index (χ2n) is 6.11. The molecule has 1 N–H and O–H groups in total. The Labute approximate surface area is 104 Å². The molecule has 17 heavy (non-hydrogen) atoms. The number of rotatable bonds is 5.